The predicted octanol–water partition coefficient (Wildman–Crippen LogP) is 2.50. The molecule has 2 nitrogen and oxygen atoms in total. The van der Waals surface area contributed by atoms with Gasteiger partial charge in [0.05, 0.1) is 5.57 Å². The molecule has 1 aromatic carbocycles. The highest BCUT2D eigenvalue weighted by atomic mass is 16.5. The minimum Gasteiger partial charge on any atom is -0.481 e. The monoisotopic (exact) mass is 160 g/mol. The van der Waals surface area contributed by atoms with E-state index in [1.807, 2.05) is 30.3 Å². The molecule has 1 aromatic rings. The van der Waals surface area contributed by atoms with Crippen LogP contribution in [0.5, 0.6) is 0 Å². The van der Waals surface area contributed by atoms with Gasteiger partial charge in [0, 0.05) is 0 Å². The van der Waals surface area contributed by atoms with Gasteiger partial charge >= 0.3 is 0 Å². The summed E-state index contributed by atoms with van der Waals surface area (Å²) in [6.07, 6.45) is 3.55. The smallest absolute Gasteiger partial charge is 0.282 e. The molecule has 0 unspecified atom stereocenters. The Bertz CT molecular complexity index is 371. The van der Waals surface area contributed by atoms with Gasteiger partial charge in [-0.25, -0.2) is 0 Å². The van der Waals surface area contributed by atoms with Crippen LogP contribution in [0.4, 0.5) is 0 Å². The molecule has 1 aliphatic carbocycles. The summed E-state index contributed by atoms with van der Waals surface area (Å²) >= 11 is 0. The molecule has 1 aliphatic rings. The van der Waals surface area contributed by atoms with E-state index in [-0.39, 0.29) is 0 Å². The third kappa shape index (κ3) is 0.889. The average Bonchev–Trinajstić information content (AvgIpc) is 2.47. The van der Waals surface area contributed by atoms with Gasteiger partial charge in [0.1, 0.15) is 0 Å². The maximum Gasteiger partial charge on any atom is 0.282 e. The second-order valence-corrected chi connectivity index (χ2v) is 2.66. The van der Waals surface area contributed by atoms with Crippen molar-refractivity contribution in [2.24, 2.45) is 0 Å². The van der Waals surface area contributed by atoms with E-state index in [1.165, 1.54) is 0 Å². The summed E-state index contributed by atoms with van der Waals surface area (Å²) in [5, 5.41) is 17.8. The lowest BCUT2D eigenvalue weighted by Gasteiger charge is -1.99. The zero-order valence-corrected chi connectivity index (χ0v) is 6.36. The van der Waals surface area contributed by atoms with Gasteiger partial charge in [-0.1, -0.05) is 30.3 Å². The van der Waals surface area contributed by atoms with Crippen molar-refractivity contribution in [3.8, 4) is 0 Å². The molecular formula is C10H8O2. The van der Waals surface area contributed by atoms with Crippen molar-refractivity contribution in [1.29, 1.82) is 0 Å². The van der Waals surface area contributed by atoms with Crippen molar-refractivity contribution < 1.29 is 10.2 Å². The van der Waals surface area contributed by atoms with Gasteiger partial charge in [-0.05, 0) is 17.2 Å². The van der Waals surface area contributed by atoms with Crippen LogP contribution in [0.25, 0.3) is 11.6 Å². The zero-order chi connectivity index (χ0) is 8.55. The van der Waals surface area contributed by atoms with Crippen molar-refractivity contribution in [3.05, 3.63) is 47.4 Å². The normalized spacial score (nSPS) is 13.2. The summed E-state index contributed by atoms with van der Waals surface area (Å²) in [6.45, 7) is 0. The van der Waals surface area contributed by atoms with Crippen LogP contribution in [0.1, 0.15) is 11.1 Å². The minimum absolute atomic E-state index is 0.491. The maximum absolute atomic E-state index is 8.88. The Hall–Kier alpha value is -1.70. The van der Waals surface area contributed by atoms with Crippen molar-refractivity contribution in [2.75, 3.05) is 0 Å². The molecule has 2 rings (SSSR count). The molecule has 60 valence electrons. The highest BCUT2D eigenvalue weighted by molar-refractivity contribution is 5.89. The fraction of sp³-hybridized carbons (Fsp3) is 0. The van der Waals surface area contributed by atoms with E-state index < -0.39 is 5.95 Å². The Morgan fingerprint density at radius 1 is 1.00 bits per heavy atom. The molecule has 0 saturated heterocycles. The fourth-order valence-corrected chi connectivity index (χ4v) is 1.35. The quantitative estimate of drug-likeness (QED) is 0.572. The number of hydrogen-bond donors (Lipinski definition) is 2. The lowest BCUT2D eigenvalue weighted by molar-refractivity contribution is 0.195. The van der Waals surface area contributed by atoms with Crippen molar-refractivity contribution in [1.82, 2.24) is 0 Å². The Morgan fingerprint density at radius 3 is 2.50 bits per heavy atom. The first-order valence-corrected chi connectivity index (χ1v) is 3.69. The van der Waals surface area contributed by atoms with Gasteiger partial charge < -0.3 is 10.2 Å². The standard InChI is InChI=1S/C10H8O2/c11-10(12)9-6-5-7-3-1-2-4-8(7)9/h1-6,11-12H. The van der Waals surface area contributed by atoms with Gasteiger partial charge in [-0.2, -0.15) is 0 Å². The largest absolute Gasteiger partial charge is 0.481 e. The van der Waals surface area contributed by atoms with Gasteiger partial charge in [0.15, 0.2) is 0 Å². The minimum atomic E-state index is -0.615. The Morgan fingerprint density at radius 2 is 1.75 bits per heavy atom. The molecule has 0 saturated carbocycles. The van der Waals surface area contributed by atoms with E-state index in [0.717, 1.165) is 11.1 Å². The van der Waals surface area contributed by atoms with Crippen molar-refractivity contribution in [3.63, 3.8) is 0 Å². The van der Waals surface area contributed by atoms with Crippen LogP contribution >= 0.6 is 0 Å². The van der Waals surface area contributed by atoms with Crippen LogP contribution in [0.2, 0.25) is 0 Å². The average molecular weight is 160 g/mol. The SMILES string of the molecule is OC(O)=C1C=Cc2ccccc21. The van der Waals surface area contributed by atoms with E-state index in [0.29, 0.717) is 5.57 Å². The maximum atomic E-state index is 8.88. The first kappa shape index (κ1) is 6.98. The summed E-state index contributed by atoms with van der Waals surface area (Å²) in [6, 6.07) is 7.58. The molecule has 0 amide bonds. The second kappa shape index (κ2) is 2.41. The first-order chi connectivity index (χ1) is 5.79. The molecule has 2 N–H and O–H groups in total. The third-order valence-electron chi connectivity index (χ3n) is 1.92. The number of aliphatic hydroxyl groups excluding tert-OH is 1. The Balaban J connectivity index is 2.64. The summed E-state index contributed by atoms with van der Waals surface area (Å²) in [5.74, 6) is -0.615. The molecule has 0 spiro atoms. The second-order valence-electron chi connectivity index (χ2n) is 2.66. The number of fused-ring (bicyclic) bond motifs is 1. The van der Waals surface area contributed by atoms with Crippen molar-refractivity contribution in [2.45, 2.75) is 0 Å². The van der Waals surface area contributed by atoms with Crippen LogP contribution in [0.15, 0.2) is 36.3 Å². The highest BCUT2D eigenvalue weighted by Crippen LogP contribution is 2.29. The zero-order valence-electron chi connectivity index (χ0n) is 6.36. The molecule has 0 aliphatic heterocycles. The van der Waals surface area contributed by atoms with Crippen LogP contribution in [-0.2, 0) is 0 Å². The molecule has 0 aromatic heterocycles. The number of aliphatic hydroxyl groups is 2. The molecule has 0 bridgehead atoms. The van der Waals surface area contributed by atoms with E-state index in [2.05, 4.69) is 0 Å². The van der Waals surface area contributed by atoms with Crippen LogP contribution < -0.4 is 0 Å². The van der Waals surface area contributed by atoms with Crippen molar-refractivity contribution >= 4 is 11.6 Å². The number of allylic oxidation sites excluding steroid dienone is 2. The molecule has 12 heavy (non-hydrogen) atoms. The molecule has 0 radical (unpaired) electrons. The lowest BCUT2D eigenvalue weighted by atomic mass is 10.1. The van der Waals surface area contributed by atoms with Crippen LogP contribution in [0.3, 0.4) is 0 Å². The first-order valence-electron chi connectivity index (χ1n) is 3.69. The number of benzene rings is 1. The number of hydrogen-bond acceptors (Lipinski definition) is 2. The summed E-state index contributed by atoms with van der Waals surface area (Å²) in [5.41, 5.74) is 2.39. The number of rotatable bonds is 0. The summed E-state index contributed by atoms with van der Waals surface area (Å²) in [4.78, 5) is 0. The van der Waals surface area contributed by atoms with Crippen LogP contribution in [0, 0.1) is 0 Å². The van der Waals surface area contributed by atoms with Gasteiger partial charge in [0.2, 0.25) is 0 Å². The van der Waals surface area contributed by atoms with Gasteiger partial charge in [-0.15, -0.1) is 0 Å². The molecule has 0 fully saturated rings. The summed E-state index contributed by atoms with van der Waals surface area (Å²) < 4.78 is 0. The van der Waals surface area contributed by atoms with E-state index in [9.17, 15) is 0 Å². The van der Waals surface area contributed by atoms with Gasteiger partial charge in [-0.3, -0.25) is 0 Å². The van der Waals surface area contributed by atoms with E-state index >= 15 is 0 Å². The fourth-order valence-electron chi connectivity index (χ4n) is 1.35. The lowest BCUT2D eigenvalue weighted by Crippen LogP contribution is -1.85. The third-order valence-corrected chi connectivity index (χ3v) is 1.92. The Kier molecular flexibility index (Phi) is 1.40. The topological polar surface area (TPSA) is 40.5 Å². The Labute approximate surface area is 70.1 Å². The van der Waals surface area contributed by atoms with Gasteiger partial charge in [0.25, 0.3) is 5.95 Å². The predicted molar refractivity (Wildman–Crippen MR) is 47.7 cm³/mol. The summed E-state index contributed by atoms with van der Waals surface area (Å²) in [7, 11) is 0. The van der Waals surface area contributed by atoms with Crippen LogP contribution in [-0.4, -0.2) is 10.2 Å². The van der Waals surface area contributed by atoms with E-state index in [4.69, 9.17) is 10.2 Å². The molecule has 2 heteroatoms. The molecule has 0 atom stereocenters. The molecular weight excluding hydrogens is 152 g/mol. The van der Waals surface area contributed by atoms with E-state index in [1.54, 1.807) is 6.08 Å². The highest BCUT2D eigenvalue weighted by Gasteiger charge is 2.12. The molecule has 0 heterocycles.